The van der Waals surface area contributed by atoms with E-state index in [1.54, 1.807) is 43.5 Å². The first-order valence-electron chi connectivity index (χ1n) is 10.1. The number of carbonyl (C=O) groups excluding carboxylic acids is 2. The van der Waals surface area contributed by atoms with E-state index in [4.69, 9.17) is 19.9 Å². The van der Waals surface area contributed by atoms with E-state index < -0.39 is 17.5 Å². The van der Waals surface area contributed by atoms with E-state index in [1.807, 2.05) is 18.2 Å². The van der Waals surface area contributed by atoms with Gasteiger partial charge in [-0.15, -0.1) is 0 Å². The Hall–Kier alpha value is -3.72. The molecule has 1 heterocycles. The predicted octanol–water partition coefficient (Wildman–Crippen LogP) is 1.45. The van der Waals surface area contributed by atoms with Crippen molar-refractivity contribution in [2.45, 2.75) is 25.5 Å². The van der Waals surface area contributed by atoms with Gasteiger partial charge in [-0.05, 0) is 30.7 Å². The molecule has 3 aromatic rings. The minimum absolute atomic E-state index is 0.0750. The fourth-order valence-corrected chi connectivity index (χ4v) is 3.29. The van der Waals surface area contributed by atoms with Gasteiger partial charge in [-0.3, -0.25) is 9.59 Å². The summed E-state index contributed by atoms with van der Waals surface area (Å²) in [5, 5.41) is 5.56. The van der Waals surface area contributed by atoms with E-state index >= 15 is 0 Å². The third-order valence-electron chi connectivity index (χ3n) is 5.06. The molecule has 168 valence electrons. The lowest BCUT2D eigenvalue weighted by atomic mass is 9.93. The van der Waals surface area contributed by atoms with Crippen LogP contribution in [0.5, 0.6) is 5.75 Å². The van der Waals surface area contributed by atoms with Gasteiger partial charge in [0.15, 0.2) is 0 Å². The molecule has 0 saturated carbocycles. The standard InChI is InChI=1S/C23H25N3O6/c1-3-31-22(29)23(30-2,21(24)28)14-16-8-10-18(11-9-16)32-13-12-26-20(27)19-7-5-4-6-17(19)15-25-26/h4-11,15H,3,12-14H2,1-2H3,(H2,24,28). The molecule has 1 atom stereocenters. The molecule has 0 aliphatic rings. The highest BCUT2D eigenvalue weighted by molar-refractivity contribution is 6.05. The molecule has 0 saturated heterocycles. The predicted molar refractivity (Wildman–Crippen MR) is 117 cm³/mol. The number of methoxy groups -OCH3 is 1. The van der Waals surface area contributed by atoms with Gasteiger partial charge in [0.1, 0.15) is 12.4 Å². The Bertz CT molecular complexity index is 1160. The number of nitrogens with zero attached hydrogens (tertiary/aromatic N) is 2. The van der Waals surface area contributed by atoms with E-state index in [9.17, 15) is 14.4 Å². The number of rotatable bonds is 10. The van der Waals surface area contributed by atoms with Crippen molar-refractivity contribution < 1.29 is 23.8 Å². The second kappa shape index (κ2) is 10.1. The van der Waals surface area contributed by atoms with Gasteiger partial charge in [-0.2, -0.15) is 5.10 Å². The summed E-state index contributed by atoms with van der Waals surface area (Å²) in [5.41, 5.74) is 3.99. The molecule has 3 rings (SSSR count). The van der Waals surface area contributed by atoms with Crippen molar-refractivity contribution in [1.82, 2.24) is 9.78 Å². The molecular formula is C23H25N3O6. The van der Waals surface area contributed by atoms with E-state index in [1.165, 1.54) is 11.8 Å². The van der Waals surface area contributed by atoms with Crippen LogP contribution in [-0.2, 0) is 32.0 Å². The molecule has 1 amide bonds. The fraction of sp³-hybridized carbons (Fsp3) is 0.304. The molecule has 0 aliphatic carbocycles. The van der Waals surface area contributed by atoms with Gasteiger partial charge in [0.25, 0.3) is 11.5 Å². The Labute approximate surface area is 184 Å². The van der Waals surface area contributed by atoms with Crippen LogP contribution in [0, 0.1) is 0 Å². The monoisotopic (exact) mass is 439 g/mol. The van der Waals surface area contributed by atoms with Crippen molar-refractivity contribution in [1.29, 1.82) is 0 Å². The molecule has 0 radical (unpaired) electrons. The number of fused-ring (bicyclic) bond motifs is 1. The van der Waals surface area contributed by atoms with Gasteiger partial charge in [0.2, 0.25) is 5.60 Å². The Morgan fingerprint density at radius 2 is 1.84 bits per heavy atom. The molecule has 9 nitrogen and oxygen atoms in total. The molecule has 1 unspecified atom stereocenters. The molecule has 1 aromatic heterocycles. The lowest BCUT2D eigenvalue weighted by Crippen LogP contribution is -2.54. The van der Waals surface area contributed by atoms with Crippen LogP contribution < -0.4 is 16.0 Å². The first kappa shape index (κ1) is 23.0. The summed E-state index contributed by atoms with van der Waals surface area (Å²) in [6.45, 7) is 2.24. The maximum absolute atomic E-state index is 12.5. The van der Waals surface area contributed by atoms with Gasteiger partial charge in [0, 0.05) is 18.9 Å². The quantitative estimate of drug-likeness (QED) is 0.375. The highest BCUT2D eigenvalue weighted by Gasteiger charge is 2.46. The zero-order chi connectivity index (χ0) is 23.1. The van der Waals surface area contributed by atoms with Crippen LogP contribution in [-0.4, -0.2) is 47.6 Å². The average molecular weight is 439 g/mol. The smallest absolute Gasteiger partial charge is 0.348 e. The van der Waals surface area contributed by atoms with Crippen molar-refractivity contribution in [3.63, 3.8) is 0 Å². The SMILES string of the molecule is CCOC(=O)C(Cc1ccc(OCCn2ncc3ccccc3c2=O)cc1)(OC)C(N)=O. The van der Waals surface area contributed by atoms with Crippen LogP contribution in [0.15, 0.2) is 59.5 Å². The minimum Gasteiger partial charge on any atom is -0.492 e. The number of amides is 1. The summed E-state index contributed by atoms with van der Waals surface area (Å²) in [7, 11) is 1.24. The van der Waals surface area contributed by atoms with E-state index in [2.05, 4.69) is 5.10 Å². The molecule has 0 spiro atoms. The minimum atomic E-state index is -1.90. The van der Waals surface area contributed by atoms with E-state index in [0.29, 0.717) is 16.7 Å². The first-order valence-corrected chi connectivity index (χ1v) is 10.1. The number of hydrogen-bond acceptors (Lipinski definition) is 7. The van der Waals surface area contributed by atoms with Crippen LogP contribution in [0.3, 0.4) is 0 Å². The molecule has 0 fully saturated rings. The number of nitrogens with two attached hydrogens (primary N) is 1. The Morgan fingerprint density at radius 3 is 2.50 bits per heavy atom. The second-order valence-corrected chi connectivity index (χ2v) is 7.05. The largest absolute Gasteiger partial charge is 0.492 e. The summed E-state index contributed by atoms with van der Waals surface area (Å²) >= 11 is 0. The van der Waals surface area contributed by atoms with Crippen molar-refractivity contribution in [2.24, 2.45) is 5.73 Å². The number of aromatic nitrogens is 2. The van der Waals surface area contributed by atoms with Crippen LogP contribution in [0.2, 0.25) is 0 Å². The first-order chi connectivity index (χ1) is 15.4. The van der Waals surface area contributed by atoms with Crippen molar-refractivity contribution in [3.8, 4) is 5.75 Å². The Balaban J connectivity index is 1.65. The lowest BCUT2D eigenvalue weighted by Gasteiger charge is -2.26. The number of carbonyl (C=O) groups is 2. The summed E-state index contributed by atoms with van der Waals surface area (Å²) in [5.74, 6) is -1.20. The second-order valence-electron chi connectivity index (χ2n) is 7.05. The van der Waals surface area contributed by atoms with Gasteiger partial charge < -0.3 is 19.9 Å². The fourth-order valence-electron chi connectivity index (χ4n) is 3.29. The maximum Gasteiger partial charge on any atom is 0.348 e. The molecule has 9 heteroatoms. The lowest BCUT2D eigenvalue weighted by molar-refractivity contribution is -0.173. The zero-order valence-corrected chi connectivity index (χ0v) is 17.9. The molecule has 2 N–H and O–H groups in total. The van der Waals surface area contributed by atoms with Crippen LogP contribution in [0.1, 0.15) is 12.5 Å². The zero-order valence-electron chi connectivity index (χ0n) is 17.9. The Morgan fingerprint density at radius 1 is 1.12 bits per heavy atom. The van der Waals surface area contributed by atoms with Crippen LogP contribution >= 0.6 is 0 Å². The van der Waals surface area contributed by atoms with E-state index in [-0.39, 0.29) is 31.7 Å². The Kier molecular flexibility index (Phi) is 7.21. The topological polar surface area (TPSA) is 123 Å². The van der Waals surface area contributed by atoms with Gasteiger partial charge in [0.05, 0.1) is 24.7 Å². The number of hydrogen-bond donors (Lipinski definition) is 1. The number of benzene rings is 2. The third-order valence-corrected chi connectivity index (χ3v) is 5.06. The molecule has 0 bridgehead atoms. The summed E-state index contributed by atoms with van der Waals surface area (Å²) in [4.78, 5) is 36.7. The molecular weight excluding hydrogens is 414 g/mol. The van der Waals surface area contributed by atoms with Gasteiger partial charge in [-0.1, -0.05) is 30.3 Å². The highest BCUT2D eigenvalue weighted by Crippen LogP contribution is 2.22. The third kappa shape index (κ3) is 4.78. The summed E-state index contributed by atoms with van der Waals surface area (Å²) in [6, 6.07) is 14.1. The number of esters is 1. The maximum atomic E-state index is 12.5. The summed E-state index contributed by atoms with van der Waals surface area (Å²) < 4.78 is 17.2. The van der Waals surface area contributed by atoms with Crippen LogP contribution in [0.4, 0.5) is 0 Å². The van der Waals surface area contributed by atoms with Gasteiger partial charge in [-0.25, -0.2) is 9.48 Å². The molecule has 0 aliphatic heterocycles. The van der Waals surface area contributed by atoms with Crippen molar-refractivity contribution in [3.05, 3.63) is 70.6 Å². The normalized spacial score (nSPS) is 12.8. The highest BCUT2D eigenvalue weighted by atomic mass is 16.6. The summed E-state index contributed by atoms with van der Waals surface area (Å²) in [6.07, 6.45) is 1.57. The van der Waals surface area contributed by atoms with Crippen LogP contribution in [0.25, 0.3) is 10.8 Å². The van der Waals surface area contributed by atoms with E-state index in [0.717, 1.165) is 5.39 Å². The van der Waals surface area contributed by atoms with Crippen molar-refractivity contribution >= 4 is 22.6 Å². The van der Waals surface area contributed by atoms with Gasteiger partial charge >= 0.3 is 5.97 Å². The number of ether oxygens (including phenoxy) is 3. The molecule has 2 aromatic carbocycles. The van der Waals surface area contributed by atoms with Crippen molar-refractivity contribution in [2.75, 3.05) is 20.3 Å². The average Bonchev–Trinajstić information content (AvgIpc) is 2.80. The molecule has 32 heavy (non-hydrogen) atoms. The number of primary amides is 1.